The fourth-order valence-corrected chi connectivity index (χ4v) is 4.87. The van der Waals surface area contributed by atoms with Crippen molar-refractivity contribution >= 4 is 29.1 Å². The predicted octanol–water partition coefficient (Wildman–Crippen LogP) is 3.25. The number of hydrogen-bond donors (Lipinski definition) is 1. The number of nitrogens with zero attached hydrogens (tertiary/aromatic N) is 2. The number of amides is 3. The Labute approximate surface area is 211 Å². The third-order valence-corrected chi connectivity index (χ3v) is 6.93. The minimum Gasteiger partial charge on any atom is -0.493 e. The van der Waals surface area contributed by atoms with Crippen molar-refractivity contribution in [2.75, 3.05) is 51.2 Å². The molecule has 0 aromatic heterocycles. The van der Waals surface area contributed by atoms with Crippen LogP contribution in [0.2, 0.25) is 0 Å². The van der Waals surface area contributed by atoms with E-state index in [0.29, 0.717) is 55.4 Å². The van der Waals surface area contributed by atoms with Crippen molar-refractivity contribution in [3.05, 3.63) is 42.0 Å². The molecule has 0 unspecified atom stereocenters. The lowest BCUT2D eigenvalue weighted by molar-refractivity contribution is -0.138. The van der Waals surface area contributed by atoms with Gasteiger partial charge in [0.2, 0.25) is 23.5 Å². The molecule has 0 saturated carbocycles. The van der Waals surface area contributed by atoms with E-state index in [2.05, 4.69) is 5.32 Å². The number of nitrogens with one attached hydrogen (secondary N) is 1. The Morgan fingerprint density at radius 1 is 0.917 bits per heavy atom. The monoisotopic (exact) mass is 495 g/mol. The van der Waals surface area contributed by atoms with Crippen molar-refractivity contribution in [2.24, 2.45) is 11.8 Å². The Balaban J connectivity index is 1.33. The lowest BCUT2D eigenvalue weighted by Crippen LogP contribution is -2.44. The van der Waals surface area contributed by atoms with Gasteiger partial charge in [-0.2, -0.15) is 0 Å². The van der Waals surface area contributed by atoms with Crippen LogP contribution in [0.15, 0.2) is 36.4 Å². The summed E-state index contributed by atoms with van der Waals surface area (Å²) in [7, 11) is 4.57. The van der Waals surface area contributed by atoms with Crippen molar-refractivity contribution in [3.8, 4) is 17.2 Å². The van der Waals surface area contributed by atoms with E-state index in [-0.39, 0.29) is 36.0 Å². The van der Waals surface area contributed by atoms with Gasteiger partial charge in [-0.3, -0.25) is 14.4 Å². The first-order valence-electron chi connectivity index (χ1n) is 12.1. The van der Waals surface area contributed by atoms with Crippen molar-refractivity contribution < 1.29 is 28.6 Å². The smallest absolute Gasteiger partial charge is 0.228 e. The summed E-state index contributed by atoms with van der Waals surface area (Å²) in [6, 6.07) is 11.1. The number of carbonyl (C=O) groups excluding carboxylic acids is 3. The van der Waals surface area contributed by atoms with Crippen LogP contribution in [0.3, 0.4) is 0 Å². The normalized spacial score (nSPS) is 18.2. The second-order valence-electron chi connectivity index (χ2n) is 9.24. The summed E-state index contributed by atoms with van der Waals surface area (Å²) < 4.78 is 16.0. The summed E-state index contributed by atoms with van der Waals surface area (Å²) in [6.07, 6.45) is 1.34. The van der Waals surface area contributed by atoms with Crippen LogP contribution in [0, 0.1) is 18.8 Å². The number of methoxy groups -OCH3 is 3. The van der Waals surface area contributed by atoms with Gasteiger partial charge >= 0.3 is 0 Å². The van der Waals surface area contributed by atoms with Gasteiger partial charge in [-0.25, -0.2) is 0 Å². The largest absolute Gasteiger partial charge is 0.493 e. The SMILES string of the molecule is COc1cc(NC(=O)C2CCN(C(=O)[C@H]3CC(=O)N(c4ccc(C)cc4)C3)CC2)cc(OC)c1OC. The van der Waals surface area contributed by atoms with Gasteiger partial charge in [0.25, 0.3) is 0 Å². The molecule has 9 nitrogen and oxygen atoms in total. The molecule has 3 amide bonds. The first-order valence-corrected chi connectivity index (χ1v) is 12.1. The summed E-state index contributed by atoms with van der Waals surface area (Å²) in [6.45, 7) is 3.36. The van der Waals surface area contributed by atoms with Gasteiger partial charge in [-0.1, -0.05) is 17.7 Å². The molecule has 2 aromatic carbocycles. The van der Waals surface area contributed by atoms with Crippen molar-refractivity contribution in [1.82, 2.24) is 4.90 Å². The number of likely N-dealkylation sites (tertiary alicyclic amines) is 1. The number of aryl methyl sites for hydroxylation is 1. The van der Waals surface area contributed by atoms with Crippen LogP contribution >= 0.6 is 0 Å². The maximum atomic E-state index is 13.2. The first kappa shape index (κ1) is 25.3. The summed E-state index contributed by atoms with van der Waals surface area (Å²) in [5.41, 5.74) is 2.49. The van der Waals surface area contributed by atoms with E-state index in [1.54, 1.807) is 21.9 Å². The average molecular weight is 496 g/mol. The second kappa shape index (κ2) is 10.9. The van der Waals surface area contributed by atoms with Crippen LogP contribution in [0.5, 0.6) is 17.2 Å². The van der Waals surface area contributed by atoms with Gasteiger partial charge in [0, 0.05) is 55.5 Å². The Hall–Kier alpha value is -3.75. The number of anilines is 2. The van der Waals surface area contributed by atoms with Gasteiger partial charge in [-0.05, 0) is 31.9 Å². The highest BCUT2D eigenvalue weighted by Gasteiger charge is 2.38. The van der Waals surface area contributed by atoms with E-state index in [1.165, 1.54) is 21.3 Å². The molecule has 1 atom stereocenters. The summed E-state index contributed by atoms with van der Waals surface area (Å²) >= 11 is 0. The molecule has 2 aliphatic heterocycles. The molecule has 2 heterocycles. The molecule has 9 heteroatoms. The van der Waals surface area contributed by atoms with Crippen molar-refractivity contribution in [2.45, 2.75) is 26.2 Å². The van der Waals surface area contributed by atoms with Crippen LogP contribution in [-0.4, -0.2) is 63.6 Å². The van der Waals surface area contributed by atoms with E-state index < -0.39 is 0 Å². The predicted molar refractivity (Wildman–Crippen MR) is 136 cm³/mol. The van der Waals surface area contributed by atoms with E-state index in [0.717, 1.165) is 11.3 Å². The van der Waals surface area contributed by atoms with Crippen molar-refractivity contribution in [1.29, 1.82) is 0 Å². The third-order valence-electron chi connectivity index (χ3n) is 6.93. The molecule has 0 spiro atoms. The van der Waals surface area contributed by atoms with Crippen LogP contribution in [0.4, 0.5) is 11.4 Å². The zero-order valence-electron chi connectivity index (χ0n) is 21.2. The lowest BCUT2D eigenvalue weighted by atomic mass is 9.94. The number of ether oxygens (including phenoxy) is 3. The molecule has 2 fully saturated rings. The molecule has 192 valence electrons. The van der Waals surface area contributed by atoms with E-state index in [1.807, 2.05) is 31.2 Å². The zero-order chi connectivity index (χ0) is 25.8. The molecule has 0 radical (unpaired) electrons. The summed E-state index contributed by atoms with van der Waals surface area (Å²) in [4.78, 5) is 42.2. The third kappa shape index (κ3) is 5.24. The Morgan fingerprint density at radius 3 is 2.08 bits per heavy atom. The van der Waals surface area contributed by atoms with Crippen LogP contribution in [-0.2, 0) is 14.4 Å². The van der Waals surface area contributed by atoms with Gasteiger partial charge in [0.1, 0.15) is 0 Å². The molecule has 2 aromatic rings. The van der Waals surface area contributed by atoms with Gasteiger partial charge < -0.3 is 29.3 Å². The van der Waals surface area contributed by atoms with E-state index in [9.17, 15) is 14.4 Å². The Bertz CT molecular complexity index is 1100. The molecule has 2 saturated heterocycles. The number of benzene rings is 2. The fraction of sp³-hybridized carbons (Fsp3) is 0.444. The van der Waals surface area contributed by atoms with Gasteiger partial charge in [0.05, 0.1) is 27.2 Å². The maximum absolute atomic E-state index is 13.2. The molecular formula is C27H33N3O6. The maximum Gasteiger partial charge on any atom is 0.228 e. The van der Waals surface area contributed by atoms with Crippen LogP contribution in [0.25, 0.3) is 0 Å². The molecule has 4 rings (SSSR count). The molecular weight excluding hydrogens is 462 g/mol. The summed E-state index contributed by atoms with van der Waals surface area (Å²) in [5.74, 6) is 0.634. The molecule has 2 aliphatic rings. The van der Waals surface area contributed by atoms with Crippen molar-refractivity contribution in [3.63, 3.8) is 0 Å². The number of piperidine rings is 1. The number of rotatable bonds is 7. The Morgan fingerprint density at radius 2 is 1.53 bits per heavy atom. The van der Waals surface area contributed by atoms with E-state index in [4.69, 9.17) is 14.2 Å². The zero-order valence-corrected chi connectivity index (χ0v) is 21.2. The standard InChI is InChI=1S/C27H33N3O6/c1-17-5-7-21(8-6-17)30-16-19(13-24(30)31)27(33)29-11-9-18(10-12-29)26(32)28-20-14-22(34-2)25(36-4)23(15-20)35-3/h5-8,14-15,18-19H,9-13,16H2,1-4H3,(H,28,32)/t19-/m0/s1. The molecule has 36 heavy (non-hydrogen) atoms. The van der Waals surface area contributed by atoms with E-state index >= 15 is 0 Å². The van der Waals surface area contributed by atoms with Gasteiger partial charge in [0.15, 0.2) is 11.5 Å². The second-order valence-corrected chi connectivity index (χ2v) is 9.24. The topological polar surface area (TPSA) is 97.4 Å². The summed E-state index contributed by atoms with van der Waals surface area (Å²) in [5, 5.41) is 2.94. The minimum absolute atomic E-state index is 0.0125. The minimum atomic E-state index is -0.358. The highest BCUT2D eigenvalue weighted by molar-refractivity contribution is 6.00. The molecule has 1 N–H and O–H groups in total. The highest BCUT2D eigenvalue weighted by Crippen LogP contribution is 2.40. The quantitative estimate of drug-likeness (QED) is 0.633. The Kier molecular flexibility index (Phi) is 7.67. The molecule has 0 aliphatic carbocycles. The average Bonchev–Trinajstić information content (AvgIpc) is 3.29. The lowest BCUT2D eigenvalue weighted by Gasteiger charge is -2.33. The number of hydrogen-bond acceptors (Lipinski definition) is 6. The molecule has 0 bridgehead atoms. The van der Waals surface area contributed by atoms with Crippen LogP contribution in [0.1, 0.15) is 24.8 Å². The fourth-order valence-electron chi connectivity index (χ4n) is 4.87. The van der Waals surface area contributed by atoms with Gasteiger partial charge in [-0.15, -0.1) is 0 Å². The first-order chi connectivity index (χ1) is 17.3. The van der Waals surface area contributed by atoms with Crippen LogP contribution < -0.4 is 24.4 Å². The highest BCUT2D eigenvalue weighted by atomic mass is 16.5. The number of carbonyl (C=O) groups is 3.